The van der Waals surface area contributed by atoms with Gasteiger partial charge in [-0.2, -0.15) is 0 Å². The minimum absolute atomic E-state index is 0.429. The number of hydrogen-bond acceptors (Lipinski definition) is 5. The van der Waals surface area contributed by atoms with Crippen molar-refractivity contribution in [3.05, 3.63) is 18.0 Å². The van der Waals surface area contributed by atoms with Crippen molar-refractivity contribution in [1.29, 1.82) is 0 Å². The molecule has 0 radical (unpaired) electrons. The number of nitrogens with zero attached hydrogens (tertiary/aromatic N) is 3. The first kappa shape index (κ1) is 16.2. The van der Waals surface area contributed by atoms with Gasteiger partial charge >= 0.3 is 6.01 Å². The van der Waals surface area contributed by atoms with E-state index >= 15 is 0 Å². The van der Waals surface area contributed by atoms with Gasteiger partial charge in [0.1, 0.15) is 0 Å². The lowest BCUT2D eigenvalue weighted by Crippen LogP contribution is -2.52. The standard InChI is InChI=1S/C16H28N4O/c1-12(2)19-14-7-5-6-8-15(14)20(3)11-13-9-17-16(21-4)18-10-13/h9-10,12,14-15,19H,5-8,11H2,1-4H3. The second-order valence-corrected chi connectivity index (χ2v) is 6.27. The molecule has 0 bridgehead atoms. The average Bonchev–Trinajstić information content (AvgIpc) is 2.48. The maximum Gasteiger partial charge on any atom is 0.316 e. The Labute approximate surface area is 128 Å². The molecular formula is C16H28N4O. The van der Waals surface area contributed by atoms with Crippen molar-refractivity contribution in [2.24, 2.45) is 0 Å². The fraction of sp³-hybridized carbons (Fsp3) is 0.750. The first-order valence-electron chi connectivity index (χ1n) is 7.91. The molecular weight excluding hydrogens is 264 g/mol. The number of methoxy groups -OCH3 is 1. The molecule has 0 spiro atoms. The number of nitrogens with one attached hydrogen (secondary N) is 1. The summed E-state index contributed by atoms with van der Waals surface area (Å²) in [7, 11) is 3.79. The molecule has 0 amide bonds. The van der Waals surface area contributed by atoms with E-state index in [0.29, 0.717) is 24.1 Å². The van der Waals surface area contributed by atoms with E-state index in [9.17, 15) is 0 Å². The third-order valence-electron chi connectivity index (χ3n) is 4.14. The van der Waals surface area contributed by atoms with Crippen LogP contribution in [0.4, 0.5) is 0 Å². The summed E-state index contributed by atoms with van der Waals surface area (Å²) in [5, 5.41) is 3.72. The molecule has 2 rings (SSSR count). The Morgan fingerprint density at radius 2 is 1.95 bits per heavy atom. The smallest absolute Gasteiger partial charge is 0.316 e. The van der Waals surface area contributed by atoms with E-state index in [-0.39, 0.29) is 0 Å². The summed E-state index contributed by atoms with van der Waals surface area (Å²) in [6, 6.07) is 2.14. The summed E-state index contributed by atoms with van der Waals surface area (Å²) >= 11 is 0. The Morgan fingerprint density at radius 1 is 1.29 bits per heavy atom. The Kier molecular flexibility index (Phi) is 5.94. The fourth-order valence-electron chi connectivity index (χ4n) is 3.20. The molecule has 2 unspecified atom stereocenters. The number of rotatable bonds is 6. The molecule has 1 aromatic rings. The van der Waals surface area contributed by atoms with Gasteiger partial charge in [0, 0.05) is 42.6 Å². The Hall–Kier alpha value is -1.20. The first-order chi connectivity index (χ1) is 10.1. The second-order valence-electron chi connectivity index (χ2n) is 6.27. The molecule has 21 heavy (non-hydrogen) atoms. The van der Waals surface area contributed by atoms with Crippen molar-refractivity contribution >= 4 is 0 Å². The molecule has 118 valence electrons. The van der Waals surface area contributed by atoms with Crippen molar-refractivity contribution in [2.45, 2.75) is 64.2 Å². The lowest BCUT2D eigenvalue weighted by molar-refractivity contribution is 0.138. The number of hydrogen-bond donors (Lipinski definition) is 1. The van der Waals surface area contributed by atoms with Gasteiger partial charge in [-0.15, -0.1) is 0 Å². The van der Waals surface area contributed by atoms with Gasteiger partial charge in [0.25, 0.3) is 0 Å². The highest BCUT2D eigenvalue weighted by molar-refractivity contribution is 5.07. The van der Waals surface area contributed by atoms with Gasteiger partial charge in [-0.1, -0.05) is 26.7 Å². The van der Waals surface area contributed by atoms with E-state index in [4.69, 9.17) is 4.74 Å². The second kappa shape index (κ2) is 7.71. The third-order valence-corrected chi connectivity index (χ3v) is 4.14. The van der Waals surface area contributed by atoms with Gasteiger partial charge in [0.05, 0.1) is 7.11 Å². The monoisotopic (exact) mass is 292 g/mol. The minimum atomic E-state index is 0.429. The average molecular weight is 292 g/mol. The highest BCUT2D eigenvalue weighted by Crippen LogP contribution is 2.24. The number of aromatic nitrogens is 2. The summed E-state index contributed by atoms with van der Waals surface area (Å²) in [6.45, 7) is 5.33. The molecule has 0 aliphatic heterocycles. The van der Waals surface area contributed by atoms with E-state index in [1.54, 1.807) is 7.11 Å². The molecule has 1 heterocycles. The SMILES string of the molecule is COc1ncc(CN(C)C2CCCCC2NC(C)C)cn1. The zero-order valence-electron chi connectivity index (χ0n) is 13.7. The molecule has 1 aromatic heterocycles. The van der Waals surface area contributed by atoms with Crippen molar-refractivity contribution < 1.29 is 4.74 Å². The molecule has 5 heteroatoms. The van der Waals surface area contributed by atoms with Crippen molar-refractivity contribution in [2.75, 3.05) is 14.2 Å². The fourth-order valence-corrected chi connectivity index (χ4v) is 3.20. The molecule has 0 aromatic carbocycles. The lowest BCUT2D eigenvalue weighted by atomic mass is 9.88. The van der Waals surface area contributed by atoms with Gasteiger partial charge in [-0.05, 0) is 19.9 Å². The minimum Gasteiger partial charge on any atom is -0.467 e. The molecule has 5 nitrogen and oxygen atoms in total. The van der Waals surface area contributed by atoms with Crippen LogP contribution in [0.15, 0.2) is 12.4 Å². The molecule has 1 saturated carbocycles. The molecule has 1 fully saturated rings. The number of ether oxygens (including phenoxy) is 1. The van der Waals surface area contributed by atoms with Crippen LogP contribution in [0.5, 0.6) is 6.01 Å². The van der Waals surface area contributed by atoms with Crippen LogP contribution >= 0.6 is 0 Å². The van der Waals surface area contributed by atoms with Gasteiger partial charge in [-0.25, -0.2) is 9.97 Å². The van der Waals surface area contributed by atoms with E-state index in [1.807, 2.05) is 12.4 Å². The first-order valence-corrected chi connectivity index (χ1v) is 7.91. The molecule has 1 aliphatic carbocycles. The predicted octanol–water partition coefficient (Wildman–Crippen LogP) is 2.23. The van der Waals surface area contributed by atoms with E-state index in [2.05, 4.69) is 41.1 Å². The predicted molar refractivity (Wildman–Crippen MR) is 84.4 cm³/mol. The molecule has 1 aliphatic rings. The van der Waals surface area contributed by atoms with E-state index in [1.165, 1.54) is 25.7 Å². The maximum atomic E-state index is 5.01. The third kappa shape index (κ3) is 4.64. The Morgan fingerprint density at radius 3 is 2.57 bits per heavy atom. The van der Waals surface area contributed by atoms with Gasteiger partial charge in [0.2, 0.25) is 0 Å². The highest BCUT2D eigenvalue weighted by atomic mass is 16.5. The molecule has 2 atom stereocenters. The van der Waals surface area contributed by atoms with Crippen LogP contribution in [0, 0.1) is 0 Å². The van der Waals surface area contributed by atoms with E-state index in [0.717, 1.165) is 12.1 Å². The maximum absolute atomic E-state index is 5.01. The van der Waals surface area contributed by atoms with Crippen LogP contribution in [0.2, 0.25) is 0 Å². The summed E-state index contributed by atoms with van der Waals surface area (Å²) in [5.74, 6) is 0. The van der Waals surface area contributed by atoms with Crippen molar-refractivity contribution in [3.63, 3.8) is 0 Å². The Bertz CT molecular complexity index is 421. The molecule has 1 N–H and O–H groups in total. The quantitative estimate of drug-likeness (QED) is 0.871. The number of likely N-dealkylation sites (N-methyl/N-ethyl adjacent to an activating group) is 1. The van der Waals surface area contributed by atoms with Crippen LogP contribution in [0.25, 0.3) is 0 Å². The van der Waals surface area contributed by atoms with Crippen LogP contribution in [-0.2, 0) is 6.54 Å². The van der Waals surface area contributed by atoms with Crippen LogP contribution in [0.3, 0.4) is 0 Å². The van der Waals surface area contributed by atoms with Gasteiger partial charge < -0.3 is 10.1 Å². The van der Waals surface area contributed by atoms with E-state index < -0.39 is 0 Å². The van der Waals surface area contributed by atoms with Crippen molar-refractivity contribution in [3.8, 4) is 6.01 Å². The summed E-state index contributed by atoms with van der Waals surface area (Å²) in [6.07, 6.45) is 8.90. The van der Waals surface area contributed by atoms with Gasteiger partial charge in [-0.3, -0.25) is 4.90 Å². The largest absolute Gasteiger partial charge is 0.467 e. The zero-order valence-corrected chi connectivity index (χ0v) is 13.7. The van der Waals surface area contributed by atoms with Crippen LogP contribution in [0.1, 0.15) is 45.1 Å². The normalized spacial score (nSPS) is 22.8. The highest BCUT2D eigenvalue weighted by Gasteiger charge is 2.28. The molecule has 0 saturated heterocycles. The van der Waals surface area contributed by atoms with Crippen molar-refractivity contribution in [1.82, 2.24) is 20.2 Å². The summed E-state index contributed by atoms with van der Waals surface area (Å²) in [4.78, 5) is 10.8. The Balaban J connectivity index is 1.97. The van der Waals surface area contributed by atoms with Crippen LogP contribution < -0.4 is 10.1 Å². The van der Waals surface area contributed by atoms with Crippen LogP contribution in [-0.4, -0.2) is 47.2 Å². The topological polar surface area (TPSA) is 50.3 Å². The zero-order chi connectivity index (χ0) is 15.2. The summed E-state index contributed by atoms with van der Waals surface area (Å²) in [5.41, 5.74) is 1.13. The lowest BCUT2D eigenvalue weighted by Gasteiger charge is -2.39. The summed E-state index contributed by atoms with van der Waals surface area (Å²) < 4.78 is 5.01. The van der Waals surface area contributed by atoms with Gasteiger partial charge in [0.15, 0.2) is 0 Å².